The maximum absolute atomic E-state index is 6.16. The maximum atomic E-state index is 6.16. The maximum Gasteiger partial charge on any atom is 0.494 e. The summed E-state index contributed by atoms with van der Waals surface area (Å²) in [6.45, 7) is 16.5. The zero-order valence-corrected chi connectivity index (χ0v) is 34.0. The molecule has 4 aliphatic rings. The first-order valence-corrected chi connectivity index (χ1v) is 21.6. The van der Waals surface area contributed by atoms with Crippen LogP contribution in [0.2, 0.25) is 0 Å². The van der Waals surface area contributed by atoms with Gasteiger partial charge in [-0.2, -0.15) is 0 Å². The molecular formula is C50H62BO3+. The highest BCUT2D eigenvalue weighted by Crippen LogP contribution is 2.64. The topological polar surface area (TPSA) is 29.8 Å². The van der Waals surface area contributed by atoms with E-state index in [9.17, 15) is 0 Å². The third-order valence-electron chi connectivity index (χ3n) is 14.2. The standard InChI is InChI=1S/C50H62BO3/c1-7-11-13-15-26-48(5,9-3)36-18-22-40-41-23-19-37(49(6,10-4)27-16-14-12-8-2)33-45(41)50(44(40)32-36)43-31-35(47-25-28-52-47)17-21-39(43)42-24-20-38(34-46(42)50)51-53-29-30-54-51/h17-24,31-34H,7-16,25-30H2,1-6H3/q+1. The number of hydrogen-bond acceptors (Lipinski definition) is 2. The Kier molecular flexibility index (Phi) is 10.6. The van der Waals surface area contributed by atoms with E-state index in [1.165, 1.54) is 125 Å². The third kappa shape index (κ3) is 6.15. The Labute approximate surface area is 326 Å². The molecule has 282 valence electrons. The second-order valence-corrected chi connectivity index (χ2v) is 17.4. The Morgan fingerprint density at radius 3 is 1.56 bits per heavy atom. The summed E-state index contributed by atoms with van der Waals surface area (Å²) in [7, 11) is -0.332. The van der Waals surface area contributed by atoms with Gasteiger partial charge in [-0.1, -0.05) is 154 Å². The van der Waals surface area contributed by atoms with Crippen molar-refractivity contribution in [2.24, 2.45) is 0 Å². The monoisotopic (exact) mass is 721 g/mol. The van der Waals surface area contributed by atoms with Crippen molar-refractivity contribution in [3.8, 4) is 22.3 Å². The molecule has 8 rings (SSSR count). The normalized spacial score (nSPS) is 20.2. The van der Waals surface area contributed by atoms with Crippen LogP contribution in [0.5, 0.6) is 0 Å². The summed E-state index contributed by atoms with van der Waals surface area (Å²) in [6.07, 6.45) is 16.0. The van der Waals surface area contributed by atoms with E-state index in [0.717, 1.165) is 37.1 Å². The van der Waals surface area contributed by atoms with E-state index in [0.29, 0.717) is 13.2 Å². The molecule has 0 radical (unpaired) electrons. The second kappa shape index (κ2) is 15.2. The lowest BCUT2D eigenvalue weighted by Gasteiger charge is -2.35. The number of rotatable bonds is 16. The van der Waals surface area contributed by atoms with Crippen molar-refractivity contribution >= 4 is 18.4 Å². The fourth-order valence-corrected chi connectivity index (χ4v) is 10.2. The van der Waals surface area contributed by atoms with Crippen LogP contribution < -0.4 is 5.46 Å². The van der Waals surface area contributed by atoms with E-state index in [2.05, 4.69) is 114 Å². The van der Waals surface area contributed by atoms with Gasteiger partial charge in [-0.25, -0.2) is 0 Å². The predicted molar refractivity (Wildman–Crippen MR) is 227 cm³/mol. The summed E-state index contributed by atoms with van der Waals surface area (Å²) >= 11 is 0. The van der Waals surface area contributed by atoms with E-state index in [-0.39, 0.29) is 17.9 Å². The van der Waals surface area contributed by atoms with Crippen molar-refractivity contribution in [1.82, 2.24) is 0 Å². The lowest BCUT2D eigenvalue weighted by molar-refractivity contribution is -0.301. The molecule has 1 spiro atoms. The quantitative estimate of drug-likeness (QED) is 0.0566. The number of fused-ring (bicyclic) bond motifs is 10. The average Bonchev–Trinajstić information content (AvgIpc) is 3.89. The molecule has 0 bridgehead atoms. The van der Waals surface area contributed by atoms with Crippen molar-refractivity contribution in [3.63, 3.8) is 0 Å². The highest BCUT2D eigenvalue weighted by atomic mass is 16.6. The third-order valence-corrected chi connectivity index (χ3v) is 14.2. The molecule has 2 heterocycles. The Hall–Kier alpha value is -3.47. The molecule has 4 aromatic carbocycles. The molecule has 2 aliphatic carbocycles. The molecule has 2 atom stereocenters. The Bertz CT molecular complexity index is 1960. The summed E-state index contributed by atoms with van der Waals surface area (Å²) in [5.74, 6) is 1.12. The zero-order chi connectivity index (χ0) is 37.5. The molecule has 4 heteroatoms. The van der Waals surface area contributed by atoms with Gasteiger partial charge in [-0.3, -0.25) is 4.42 Å². The highest BCUT2D eigenvalue weighted by molar-refractivity contribution is 6.61. The van der Waals surface area contributed by atoms with E-state index in [4.69, 9.17) is 13.7 Å². The lowest BCUT2D eigenvalue weighted by Crippen LogP contribution is -2.34. The molecule has 1 saturated heterocycles. The smallest absolute Gasteiger partial charge is 0.405 e. The number of benzene rings is 4. The van der Waals surface area contributed by atoms with Gasteiger partial charge in [0.15, 0.2) is 6.42 Å². The van der Waals surface area contributed by atoms with E-state index in [1.54, 1.807) is 0 Å². The molecule has 0 aromatic heterocycles. The fraction of sp³-hybridized carbons (Fsp3) is 0.500. The number of carbonyl (C=O) groups excluding carboxylic acids is 1. The van der Waals surface area contributed by atoms with E-state index < -0.39 is 5.41 Å². The van der Waals surface area contributed by atoms with Gasteiger partial charge in [0, 0.05) is 0 Å². The highest BCUT2D eigenvalue weighted by Gasteiger charge is 2.53. The molecule has 2 unspecified atom stereocenters. The summed E-state index contributed by atoms with van der Waals surface area (Å²) in [6, 6.07) is 29.5. The first kappa shape index (κ1) is 37.5. The molecule has 3 nitrogen and oxygen atoms in total. The minimum atomic E-state index is -0.468. The van der Waals surface area contributed by atoms with Crippen LogP contribution in [0.25, 0.3) is 22.3 Å². The van der Waals surface area contributed by atoms with Crippen LogP contribution in [0, 0.1) is 0 Å². The van der Waals surface area contributed by atoms with Crippen molar-refractivity contribution in [3.05, 3.63) is 112 Å². The summed E-state index contributed by atoms with van der Waals surface area (Å²) < 4.78 is 18.4. The molecule has 0 amide bonds. The van der Waals surface area contributed by atoms with Gasteiger partial charge in [0.05, 0.1) is 24.2 Å². The van der Waals surface area contributed by atoms with Crippen molar-refractivity contribution < 1.29 is 13.7 Å². The van der Waals surface area contributed by atoms with Crippen molar-refractivity contribution in [2.45, 2.75) is 141 Å². The van der Waals surface area contributed by atoms with Crippen molar-refractivity contribution in [2.75, 3.05) is 19.8 Å². The number of ketones is 1. The largest absolute Gasteiger partial charge is 0.494 e. The van der Waals surface area contributed by atoms with Crippen LogP contribution >= 0.6 is 0 Å². The van der Waals surface area contributed by atoms with Crippen LogP contribution in [0.1, 0.15) is 168 Å². The van der Waals surface area contributed by atoms with Gasteiger partial charge in [0.2, 0.25) is 0 Å². The average molecular weight is 722 g/mol. The van der Waals surface area contributed by atoms with Gasteiger partial charge in [-0.15, -0.1) is 0 Å². The van der Waals surface area contributed by atoms with Gasteiger partial charge in [0.25, 0.3) is 6.61 Å². The van der Waals surface area contributed by atoms with Crippen LogP contribution in [0.15, 0.2) is 72.8 Å². The first-order valence-electron chi connectivity index (χ1n) is 21.6. The molecular weight excluding hydrogens is 659 g/mol. The van der Waals surface area contributed by atoms with Gasteiger partial charge in [-0.05, 0) is 110 Å². The number of hydrogen-bond donors (Lipinski definition) is 0. The Morgan fingerprint density at radius 1 is 0.593 bits per heavy atom. The minimum Gasteiger partial charge on any atom is -0.405 e. The van der Waals surface area contributed by atoms with Crippen LogP contribution in [-0.4, -0.2) is 32.7 Å². The van der Waals surface area contributed by atoms with E-state index >= 15 is 0 Å². The SMILES string of the molecule is CCCCCCC(C)(CC)c1ccc2c(c1)C1(c3cc(B4OCCO4)ccc3-c3ccc(C4=[O+]CC4)cc31)c1cc(C(C)(CC)CCCCCC)ccc1-2. The van der Waals surface area contributed by atoms with Crippen LogP contribution in [0.4, 0.5) is 0 Å². The molecule has 2 aliphatic heterocycles. The Morgan fingerprint density at radius 2 is 1.07 bits per heavy atom. The van der Waals surface area contributed by atoms with Crippen molar-refractivity contribution in [1.29, 1.82) is 0 Å². The van der Waals surface area contributed by atoms with Crippen LogP contribution in [0.3, 0.4) is 0 Å². The molecule has 0 saturated carbocycles. The van der Waals surface area contributed by atoms with Gasteiger partial charge >= 0.3 is 12.9 Å². The number of unbranched alkanes of at least 4 members (excludes halogenated alkanes) is 6. The van der Waals surface area contributed by atoms with Gasteiger partial charge < -0.3 is 9.31 Å². The Balaban J connectivity index is 1.39. The molecule has 0 N–H and O–H groups in total. The molecule has 1 fully saturated rings. The van der Waals surface area contributed by atoms with Crippen LogP contribution in [-0.2, 0) is 25.6 Å². The zero-order valence-electron chi connectivity index (χ0n) is 34.0. The first-order chi connectivity index (χ1) is 26.3. The molecule has 54 heavy (non-hydrogen) atoms. The lowest BCUT2D eigenvalue weighted by atomic mass is 9.66. The summed E-state index contributed by atoms with van der Waals surface area (Å²) in [5, 5.41) is 0. The predicted octanol–water partition coefficient (Wildman–Crippen LogP) is 12.2. The second-order valence-electron chi connectivity index (χ2n) is 17.4. The summed E-state index contributed by atoms with van der Waals surface area (Å²) in [4.78, 5) is 0. The summed E-state index contributed by atoms with van der Waals surface area (Å²) in [5.41, 5.74) is 16.1. The minimum absolute atomic E-state index is 0.109. The van der Waals surface area contributed by atoms with E-state index in [1.807, 2.05) is 0 Å². The molecule has 4 aromatic rings. The fourth-order valence-electron chi connectivity index (χ4n) is 10.2. The van der Waals surface area contributed by atoms with Gasteiger partial charge in [0.1, 0.15) is 0 Å².